The molecule has 0 aromatic heterocycles. The molecule has 0 saturated heterocycles. The van der Waals surface area contributed by atoms with Crippen LogP contribution in [0.15, 0.2) is 200 Å². The van der Waals surface area contributed by atoms with Gasteiger partial charge in [-0.3, -0.25) is 0 Å². The molecule has 0 radical (unpaired) electrons. The Labute approximate surface area is 288 Å². The van der Waals surface area contributed by atoms with E-state index in [1.807, 2.05) is 0 Å². The van der Waals surface area contributed by atoms with E-state index >= 15 is 0 Å². The summed E-state index contributed by atoms with van der Waals surface area (Å²) in [6, 6.07) is 71.6. The zero-order chi connectivity index (χ0) is 33.0. The van der Waals surface area contributed by atoms with Crippen molar-refractivity contribution in [1.29, 1.82) is 0 Å². The minimum absolute atomic E-state index is 1.11. The van der Waals surface area contributed by atoms with Gasteiger partial charge in [0.1, 0.15) is 0 Å². The molecule has 0 spiro atoms. The molecule has 0 atom stereocenters. The van der Waals surface area contributed by atoms with Crippen molar-refractivity contribution in [2.24, 2.45) is 0 Å². The van der Waals surface area contributed by atoms with Gasteiger partial charge in [-0.2, -0.15) is 0 Å². The van der Waals surface area contributed by atoms with Gasteiger partial charge in [0.15, 0.2) is 0 Å². The van der Waals surface area contributed by atoms with Crippen molar-refractivity contribution in [1.82, 2.24) is 0 Å². The van der Waals surface area contributed by atoms with Gasteiger partial charge >= 0.3 is 0 Å². The highest BCUT2D eigenvalue weighted by atomic mass is 15.1. The third-order valence-electron chi connectivity index (χ3n) is 9.28. The number of fused-ring (bicyclic) bond motifs is 1. The largest absolute Gasteiger partial charge is 0.345 e. The normalized spacial score (nSPS) is 11.0. The van der Waals surface area contributed by atoms with Crippen molar-refractivity contribution >= 4 is 39.2 Å². The summed E-state index contributed by atoms with van der Waals surface area (Å²) in [6.45, 7) is 0. The summed E-state index contributed by atoms with van der Waals surface area (Å²) >= 11 is 0. The smallest absolute Gasteiger partial charge is 0.0468 e. The maximum Gasteiger partial charge on any atom is 0.0468 e. The summed E-state index contributed by atoms with van der Waals surface area (Å²) < 4.78 is 0. The van der Waals surface area contributed by atoms with Crippen LogP contribution in [-0.4, -0.2) is 7.05 Å². The topological polar surface area (TPSA) is 6.48 Å². The molecule has 234 valence electrons. The number of rotatable bonds is 8. The van der Waals surface area contributed by atoms with Crippen LogP contribution in [0.25, 0.3) is 44.2 Å². The Morgan fingerprint density at radius 2 is 0.673 bits per heavy atom. The van der Waals surface area contributed by atoms with Gasteiger partial charge in [0, 0.05) is 35.5 Å². The van der Waals surface area contributed by atoms with Crippen molar-refractivity contribution in [3.05, 3.63) is 200 Å². The minimum Gasteiger partial charge on any atom is -0.345 e. The van der Waals surface area contributed by atoms with E-state index in [2.05, 4.69) is 217 Å². The van der Waals surface area contributed by atoms with Crippen molar-refractivity contribution in [2.45, 2.75) is 0 Å². The van der Waals surface area contributed by atoms with E-state index in [9.17, 15) is 0 Å². The SMILES string of the molecule is CN(c1ccc(-c2ccccc2)cc1)c1ccc(-c2ccc(N(c3cccc(-c4ccccc4)c3)c3ccc4ccccc4c3)cc2)cc1. The maximum atomic E-state index is 2.35. The Morgan fingerprint density at radius 1 is 0.265 bits per heavy atom. The first-order chi connectivity index (χ1) is 24.2. The van der Waals surface area contributed by atoms with Crippen LogP contribution in [0, 0.1) is 0 Å². The van der Waals surface area contributed by atoms with E-state index in [-0.39, 0.29) is 0 Å². The lowest BCUT2D eigenvalue weighted by Crippen LogP contribution is -2.10. The fourth-order valence-corrected chi connectivity index (χ4v) is 6.56. The summed E-state index contributed by atoms with van der Waals surface area (Å²) in [5, 5.41) is 2.45. The molecule has 8 aromatic carbocycles. The Kier molecular flexibility index (Phi) is 8.19. The Morgan fingerprint density at radius 3 is 1.24 bits per heavy atom. The van der Waals surface area contributed by atoms with Crippen molar-refractivity contribution in [2.75, 3.05) is 16.8 Å². The fraction of sp³-hybridized carbons (Fsp3) is 0.0213. The molecule has 0 unspecified atom stereocenters. The third kappa shape index (κ3) is 6.33. The average Bonchev–Trinajstić information content (AvgIpc) is 3.19. The number of anilines is 5. The van der Waals surface area contributed by atoms with Gasteiger partial charge in [-0.15, -0.1) is 0 Å². The zero-order valence-electron chi connectivity index (χ0n) is 27.4. The maximum absolute atomic E-state index is 2.35. The molecule has 0 N–H and O–H groups in total. The highest BCUT2D eigenvalue weighted by molar-refractivity contribution is 5.90. The van der Waals surface area contributed by atoms with Crippen LogP contribution in [0.5, 0.6) is 0 Å². The molecule has 0 aliphatic heterocycles. The highest BCUT2D eigenvalue weighted by Crippen LogP contribution is 2.39. The van der Waals surface area contributed by atoms with E-state index in [4.69, 9.17) is 0 Å². The van der Waals surface area contributed by atoms with Crippen LogP contribution in [0.2, 0.25) is 0 Å². The molecule has 0 saturated carbocycles. The summed E-state index contributed by atoms with van der Waals surface area (Å²) in [7, 11) is 2.12. The molecule has 2 nitrogen and oxygen atoms in total. The van der Waals surface area contributed by atoms with Gasteiger partial charge in [0.25, 0.3) is 0 Å². The molecular weight excluding hydrogens is 593 g/mol. The van der Waals surface area contributed by atoms with Crippen molar-refractivity contribution in [3.63, 3.8) is 0 Å². The van der Waals surface area contributed by atoms with Crippen molar-refractivity contribution in [3.8, 4) is 33.4 Å². The molecule has 8 aromatic rings. The van der Waals surface area contributed by atoms with Crippen LogP contribution >= 0.6 is 0 Å². The fourth-order valence-electron chi connectivity index (χ4n) is 6.56. The second-order valence-corrected chi connectivity index (χ2v) is 12.3. The minimum atomic E-state index is 1.11. The molecule has 0 aliphatic carbocycles. The third-order valence-corrected chi connectivity index (χ3v) is 9.28. The molecular formula is C47H36N2. The predicted octanol–water partition coefficient (Wildman–Crippen LogP) is 13.1. The zero-order valence-corrected chi connectivity index (χ0v) is 27.4. The first-order valence-corrected chi connectivity index (χ1v) is 16.7. The summed E-state index contributed by atoms with van der Waals surface area (Å²) in [4.78, 5) is 4.58. The van der Waals surface area contributed by atoms with E-state index < -0.39 is 0 Å². The number of nitrogens with zero attached hydrogens (tertiary/aromatic N) is 2. The van der Waals surface area contributed by atoms with E-state index in [0.717, 1.165) is 28.4 Å². The molecule has 2 heteroatoms. The van der Waals surface area contributed by atoms with Gasteiger partial charge < -0.3 is 9.80 Å². The molecule has 49 heavy (non-hydrogen) atoms. The first-order valence-electron chi connectivity index (χ1n) is 16.7. The lowest BCUT2D eigenvalue weighted by molar-refractivity contribution is 1.21. The number of benzene rings is 8. The standard InChI is InChI=1S/C47H36N2/c1-48(43-26-19-38(20-27-43)35-11-4-2-5-12-35)44-28-21-39(22-29-44)40-23-30-45(31-24-40)49(47-32-25-37-15-8-9-16-41(37)34-47)46-18-10-17-42(33-46)36-13-6-3-7-14-36/h2-34H,1H3. The van der Waals surface area contributed by atoms with Gasteiger partial charge in [0.05, 0.1) is 0 Å². The van der Waals surface area contributed by atoms with Crippen LogP contribution in [-0.2, 0) is 0 Å². The Balaban J connectivity index is 1.08. The van der Waals surface area contributed by atoms with Crippen molar-refractivity contribution < 1.29 is 0 Å². The molecule has 8 rings (SSSR count). The number of hydrogen-bond acceptors (Lipinski definition) is 2. The van der Waals surface area contributed by atoms with Crippen LogP contribution < -0.4 is 9.80 Å². The summed E-state index contributed by atoms with van der Waals surface area (Å²) in [5.41, 5.74) is 12.9. The Bertz CT molecular complexity index is 2310. The van der Waals surface area contributed by atoms with Crippen LogP contribution in [0.1, 0.15) is 0 Å². The molecule has 0 amide bonds. The van der Waals surface area contributed by atoms with Crippen LogP contribution in [0.3, 0.4) is 0 Å². The predicted molar refractivity (Wildman–Crippen MR) is 209 cm³/mol. The second kappa shape index (κ2) is 13.4. The molecule has 0 fully saturated rings. The molecule has 0 heterocycles. The van der Waals surface area contributed by atoms with Gasteiger partial charge in [-0.25, -0.2) is 0 Å². The lowest BCUT2D eigenvalue weighted by atomic mass is 10.0. The number of hydrogen-bond donors (Lipinski definition) is 0. The Hall–Kier alpha value is -6.38. The monoisotopic (exact) mass is 628 g/mol. The second-order valence-electron chi connectivity index (χ2n) is 12.3. The quantitative estimate of drug-likeness (QED) is 0.165. The van der Waals surface area contributed by atoms with Gasteiger partial charge in [-0.1, -0.05) is 140 Å². The van der Waals surface area contributed by atoms with E-state index in [1.54, 1.807) is 0 Å². The highest BCUT2D eigenvalue weighted by Gasteiger charge is 2.15. The molecule has 0 bridgehead atoms. The van der Waals surface area contributed by atoms with E-state index in [1.165, 1.54) is 44.2 Å². The summed E-state index contributed by atoms with van der Waals surface area (Å²) in [5.74, 6) is 0. The van der Waals surface area contributed by atoms with Gasteiger partial charge in [-0.05, 0) is 105 Å². The molecule has 0 aliphatic rings. The van der Waals surface area contributed by atoms with Gasteiger partial charge in [0.2, 0.25) is 0 Å². The summed E-state index contributed by atoms with van der Waals surface area (Å²) in [6.07, 6.45) is 0. The first kappa shape index (κ1) is 30.0. The van der Waals surface area contributed by atoms with Crippen LogP contribution in [0.4, 0.5) is 28.4 Å². The van der Waals surface area contributed by atoms with E-state index in [0.29, 0.717) is 0 Å². The lowest BCUT2D eigenvalue weighted by Gasteiger charge is -2.26. The average molecular weight is 629 g/mol.